The number of aromatic nitrogens is 2. The lowest BCUT2D eigenvalue weighted by Gasteiger charge is -2.13. The average Bonchev–Trinajstić information content (AvgIpc) is 2.82. The van der Waals surface area contributed by atoms with Crippen LogP contribution in [0.4, 0.5) is 4.39 Å². The van der Waals surface area contributed by atoms with E-state index in [0.29, 0.717) is 33.0 Å². The summed E-state index contributed by atoms with van der Waals surface area (Å²) in [6.07, 6.45) is 0. The van der Waals surface area contributed by atoms with E-state index in [9.17, 15) is 14.0 Å². The fourth-order valence-corrected chi connectivity index (χ4v) is 4.00. The zero-order valence-corrected chi connectivity index (χ0v) is 18.9. The van der Waals surface area contributed by atoms with Gasteiger partial charge in [0.2, 0.25) is 0 Å². The minimum atomic E-state index is -0.348. The van der Waals surface area contributed by atoms with Crippen molar-refractivity contribution in [3.05, 3.63) is 100 Å². The lowest BCUT2D eigenvalue weighted by Crippen LogP contribution is -2.24. The van der Waals surface area contributed by atoms with Crippen molar-refractivity contribution in [1.82, 2.24) is 15.0 Å². The Labute approximate surface area is 194 Å². The molecule has 0 saturated heterocycles. The second kappa shape index (κ2) is 9.79. The maximum absolute atomic E-state index is 13.2. The number of thioether (sulfide) groups is 1. The third-order valence-electron chi connectivity index (χ3n) is 4.98. The van der Waals surface area contributed by atoms with Crippen LogP contribution in [-0.2, 0) is 4.79 Å². The van der Waals surface area contributed by atoms with E-state index in [0.717, 1.165) is 17.3 Å². The van der Waals surface area contributed by atoms with Crippen molar-refractivity contribution in [2.24, 2.45) is 5.10 Å². The molecule has 0 unspecified atom stereocenters. The Kier molecular flexibility index (Phi) is 6.65. The number of halogens is 1. The first kappa shape index (κ1) is 22.4. The van der Waals surface area contributed by atoms with Gasteiger partial charge in [0, 0.05) is 0 Å². The highest BCUT2D eigenvalue weighted by Gasteiger charge is 2.14. The zero-order valence-electron chi connectivity index (χ0n) is 18.1. The lowest BCUT2D eigenvalue weighted by atomic mass is 10.1. The minimum Gasteiger partial charge on any atom is -0.272 e. The maximum Gasteiger partial charge on any atom is 0.266 e. The highest BCUT2D eigenvalue weighted by molar-refractivity contribution is 7.99. The number of fused-ring (bicyclic) bond motifs is 1. The van der Waals surface area contributed by atoms with Gasteiger partial charge in [-0.1, -0.05) is 53.7 Å². The van der Waals surface area contributed by atoms with E-state index in [1.165, 1.54) is 16.7 Å². The summed E-state index contributed by atoms with van der Waals surface area (Å²) >= 11 is 1.15. The highest BCUT2D eigenvalue weighted by atomic mass is 32.2. The van der Waals surface area contributed by atoms with Gasteiger partial charge in [-0.05, 0) is 55.8 Å². The number of carbonyl (C=O) groups excluding carboxylic acids is 1. The molecular formula is C25H21FN4O2S. The molecule has 1 N–H and O–H groups in total. The van der Waals surface area contributed by atoms with E-state index in [4.69, 9.17) is 0 Å². The number of nitrogens with one attached hydrogen (secondary N) is 1. The van der Waals surface area contributed by atoms with Gasteiger partial charge in [-0.25, -0.2) is 14.8 Å². The number of para-hydroxylation sites is 1. The van der Waals surface area contributed by atoms with Crippen LogP contribution < -0.4 is 11.0 Å². The number of rotatable bonds is 6. The molecule has 0 atom stereocenters. The van der Waals surface area contributed by atoms with Gasteiger partial charge in [0.25, 0.3) is 11.5 Å². The van der Waals surface area contributed by atoms with Gasteiger partial charge >= 0.3 is 0 Å². The smallest absolute Gasteiger partial charge is 0.266 e. The minimum absolute atomic E-state index is 0.0108. The van der Waals surface area contributed by atoms with Crippen LogP contribution in [-0.4, -0.2) is 26.9 Å². The second-order valence-corrected chi connectivity index (χ2v) is 8.36. The third kappa shape index (κ3) is 5.18. The molecule has 0 radical (unpaired) electrons. The van der Waals surface area contributed by atoms with Crippen LogP contribution >= 0.6 is 11.8 Å². The quantitative estimate of drug-likeness (QED) is 0.199. The molecule has 1 aromatic heterocycles. The summed E-state index contributed by atoms with van der Waals surface area (Å²) in [5.41, 5.74) is 5.88. The van der Waals surface area contributed by atoms with E-state index < -0.39 is 0 Å². The summed E-state index contributed by atoms with van der Waals surface area (Å²) in [7, 11) is 0. The van der Waals surface area contributed by atoms with Crippen LogP contribution in [0.1, 0.15) is 18.1 Å². The Balaban J connectivity index is 1.57. The number of hydrogen-bond donors (Lipinski definition) is 1. The van der Waals surface area contributed by atoms with Crippen LogP contribution in [0.2, 0.25) is 0 Å². The normalized spacial score (nSPS) is 11.5. The zero-order chi connectivity index (χ0) is 23.4. The van der Waals surface area contributed by atoms with Gasteiger partial charge in [0.15, 0.2) is 5.16 Å². The topological polar surface area (TPSA) is 76.3 Å². The molecule has 0 saturated carbocycles. The third-order valence-corrected chi connectivity index (χ3v) is 5.92. The van der Waals surface area contributed by atoms with Gasteiger partial charge in [-0.2, -0.15) is 5.10 Å². The first-order valence-electron chi connectivity index (χ1n) is 10.2. The van der Waals surface area contributed by atoms with Crippen LogP contribution in [0, 0.1) is 12.7 Å². The van der Waals surface area contributed by atoms with Crippen LogP contribution in [0.25, 0.3) is 16.6 Å². The first-order chi connectivity index (χ1) is 15.9. The number of benzene rings is 3. The molecule has 3 aromatic carbocycles. The predicted molar refractivity (Wildman–Crippen MR) is 130 cm³/mol. The molecule has 0 spiro atoms. The Morgan fingerprint density at radius 1 is 1.06 bits per heavy atom. The average molecular weight is 461 g/mol. The van der Waals surface area contributed by atoms with Crippen molar-refractivity contribution in [3.8, 4) is 5.69 Å². The van der Waals surface area contributed by atoms with E-state index in [2.05, 4.69) is 15.5 Å². The van der Waals surface area contributed by atoms with Crippen LogP contribution in [0.5, 0.6) is 0 Å². The molecule has 0 fully saturated rings. The first-order valence-corrected chi connectivity index (χ1v) is 11.2. The van der Waals surface area contributed by atoms with Crippen LogP contribution in [0.3, 0.4) is 0 Å². The van der Waals surface area contributed by atoms with Crippen molar-refractivity contribution in [2.75, 3.05) is 5.75 Å². The summed E-state index contributed by atoms with van der Waals surface area (Å²) in [6.45, 7) is 3.69. The largest absolute Gasteiger partial charge is 0.272 e. The Bertz CT molecular complexity index is 1400. The molecule has 6 nitrogen and oxygen atoms in total. The number of aryl methyl sites for hydroxylation is 1. The van der Waals surface area contributed by atoms with Crippen molar-refractivity contribution in [1.29, 1.82) is 0 Å². The number of hydrogen-bond acceptors (Lipinski definition) is 5. The SMILES string of the molecule is C/C(=N/NC(=O)CSc1nc2ccccc2c(=O)n1-c1ccc(C)cc1)c1ccc(F)cc1. The molecule has 0 aliphatic carbocycles. The Morgan fingerprint density at radius 2 is 1.76 bits per heavy atom. The maximum atomic E-state index is 13.2. The van der Waals surface area contributed by atoms with Crippen LogP contribution in [0.15, 0.2) is 87.8 Å². The standard InChI is InChI=1S/C25H21FN4O2S/c1-16-7-13-20(14-8-16)30-24(32)21-5-3-4-6-22(21)27-25(30)33-15-23(31)29-28-17(2)18-9-11-19(26)12-10-18/h3-14H,15H2,1-2H3,(H,29,31)/b28-17-. The van der Waals surface area contributed by atoms with E-state index in [1.54, 1.807) is 37.3 Å². The highest BCUT2D eigenvalue weighted by Crippen LogP contribution is 2.21. The summed E-state index contributed by atoms with van der Waals surface area (Å²) in [5, 5.41) is 5.01. The second-order valence-electron chi connectivity index (χ2n) is 7.42. The van der Waals surface area contributed by atoms with Crippen molar-refractivity contribution in [3.63, 3.8) is 0 Å². The Hall–Kier alpha value is -3.78. The molecular weight excluding hydrogens is 439 g/mol. The fourth-order valence-electron chi connectivity index (χ4n) is 3.19. The number of hydrazone groups is 1. The van der Waals surface area contributed by atoms with Gasteiger partial charge < -0.3 is 0 Å². The van der Waals surface area contributed by atoms with Crippen molar-refractivity contribution >= 4 is 34.3 Å². The van der Waals surface area contributed by atoms with Crippen molar-refractivity contribution in [2.45, 2.75) is 19.0 Å². The predicted octanol–water partition coefficient (Wildman–Crippen LogP) is 4.47. The van der Waals surface area contributed by atoms with E-state index in [-0.39, 0.29) is 23.0 Å². The molecule has 1 heterocycles. The fraction of sp³-hybridized carbons (Fsp3) is 0.120. The molecule has 33 heavy (non-hydrogen) atoms. The lowest BCUT2D eigenvalue weighted by molar-refractivity contribution is -0.118. The monoisotopic (exact) mass is 460 g/mol. The molecule has 0 aliphatic rings. The molecule has 4 rings (SSSR count). The van der Waals surface area contributed by atoms with E-state index in [1.807, 2.05) is 37.3 Å². The van der Waals surface area contributed by atoms with Gasteiger partial charge in [-0.3, -0.25) is 14.2 Å². The number of nitrogens with zero attached hydrogens (tertiary/aromatic N) is 3. The van der Waals surface area contributed by atoms with Crippen molar-refractivity contribution < 1.29 is 9.18 Å². The van der Waals surface area contributed by atoms with Gasteiger partial charge in [0.05, 0.1) is 28.1 Å². The molecule has 1 amide bonds. The molecule has 8 heteroatoms. The van der Waals surface area contributed by atoms with Gasteiger partial charge in [-0.15, -0.1) is 0 Å². The molecule has 0 aliphatic heterocycles. The van der Waals surface area contributed by atoms with Gasteiger partial charge in [0.1, 0.15) is 5.82 Å². The summed E-state index contributed by atoms with van der Waals surface area (Å²) < 4.78 is 14.6. The molecule has 0 bridgehead atoms. The summed E-state index contributed by atoms with van der Waals surface area (Å²) in [6, 6.07) is 20.5. The summed E-state index contributed by atoms with van der Waals surface area (Å²) in [5.74, 6) is -0.676. The number of carbonyl (C=O) groups is 1. The summed E-state index contributed by atoms with van der Waals surface area (Å²) in [4.78, 5) is 30.3. The van der Waals surface area contributed by atoms with E-state index >= 15 is 0 Å². The Morgan fingerprint density at radius 3 is 2.48 bits per heavy atom. The molecule has 166 valence electrons. The number of amides is 1. The molecule has 4 aromatic rings.